The summed E-state index contributed by atoms with van der Waals surface area (Å²) >= 11 is 0. The van der Waals surface area contributed by atoms with Crippen molar-refractivity contribution < 1.29 is 13.9 Å². The van der Waals surface area contributed by atoms with Crippen molar-refractivity contribution in [2.75, 3.05) is 6.54 Å². The predicted molar refractivity (Wildman–Crippen MR) is 131 cm³/mol. The van der Waals surface area contributed by atoms with Crippen molar-refractivity contribution in [2.45, 2.75) is 27.3 Å². The molecule has 3 aromatic carbocycles. The minimum Gasteiger partial charge on any atom is -0.439 e. The van der Waals surface area contributed by atoms with Gasteiger partial charge in [-0.05, 0) is 61.4 Å². The third kappa shape index (κ3) is 5.34. The van der Waals surface area contributed by atoms with Gasteiger partial charge in [0.15, 0.2) is 0 Å². The first kappa shape index (κ1) is 23.2. The van der Waals surface area contributed by atoms with Crippen LogP contribution in [0.1, 0.15) is 35.5 Å². The lowest BCUT2D eigenvalue weighted by atomic mass is 10.1. The number of nitrogens with zero attached hydrogens (tertiary/aromatic N) is 3. The second-order valence-electron chi connectivity index (χ2n) is 8.62. The first-order chi connectivity index (χ1) is 16.4. The van der Waals surface area contributed by atoms with E-state index in [1.807, 2.05) is 67.6 Å². The maximum atomic E-state index is 13.4. The zero-order valence-corrected chi connectivity index (χ0v) is 19.6. The molecule has 1 heterocycles. The van der Waals surface area contributed by atoms with E-state index in [4.69, 9.17) is 9.84 Å². The van der Waals surface area contributed by atoms with E-state index in [0.29, 0.717) is 30.3 Å². The van der Waals surface area contributed by atoms with Crippen molar-refractivity contribution in [3.63, 3.8) is 0 Å². The maximum Gasteiger partial charge on any atom is 0.254 e. The highest BCUT2D eigenvalue weighted by Crippen LogP contribution is 2.32. The number of halogens is 1. The number of aromatic nitrogens is 2. The standard InChI is InChI=1S/C28H28FN3O2/c1-20(2)18-31(27(33)22-14-16-23(29)17-15-22)19-26-21(3)30-32(24-10-6-4-7-11-24)28(26)34-25-12-8-5-9-13-25/h4-17,20H,18-19H2,1-3H3. The molecule has 0 unspecified atom stereocenters. The molecule has 0 aliphatic rings. The van der Waals surface area contributed by atoms with Crippen LogP contribution in [-0.2, 0) is 6.54 Å². The Hall–Kier alpha value is -3.93. The number of hydrogen-bond acceptors (Lipinski definition) is 3. The highest BCUT2D eigenvalue weighted by Gasteiger charge is 2.25. The Morgan fingerprint density at radius 3 is 2.21 bits per heavy atom. The van der Waals surface area contributed by atoms with Crippen molar-refractivity contribution in [3.8, 4) is 17.3 Å². The van der Waals surface area contributed by atoms with Gasteiger partial charge < -0.3 is 9.64 Å². The molecule has 0 spiro atoms. The Morgan fingerprint density at radius 2 is 1.59 bits per heavy atom. The van der Waals surface area contributed by atoms with Crippen LogP contribution >= 0.6 is 0 Å². The molecule has 4 rings (SSSR count). The summed E-state index contributed by atoms with van der Waals surface area (Å²) < 4.78 is 21.5. The fourth-order valence-corrected chi connectivity index (χ4v) is 3.80. The van der Waals surface area contributed by atoms with E-state index < -0.39 is 0 Å². The fraction of sp³-hybridized carbons (Fsp3) is 0.214. The van der Waals surface area contributed by atoms with Gasteiger partial charge in [-0.2, -0.15) is 5.10 Å². The number of carbonyl (C=O) groups excluding carboxylic acids is 1. The topological polar surface area (TPSA) is 47.4 Å². The Kier molecular flexibility index (Phi) is 7.07. The largest absolute Gasteiger partial charge is 0.439 e. The normalized spacial score (nSPS) is 11.0. The number of rotatable bonds is 8. The Morgan fingerprint density at radius 1 is 0.971 bits per heavy atom. The smallest absolute Gasteiger partial charge is 0.254 e. The Balaban J connectivity index is 1.75. The molecule has 0 saturated heterocycles. The van der Waals surface area contributed by atoms with Crippen LogP contribution in [-0.4, -0.2) is 27.1 Å². The van der Waals surface area contributed by atoms with E-state index in [1.165, 1.54) is 24.3 Å². The molecule has 1 amide bonds. The van der Waals surface area contributed by atoms with Crippen molar-refractivity contribution in [2.24, 2.45) is 5.92 Å². The number of ether oxygens (including phenoxy) is 1. The molecule has 0 aliphatic carbocycles. The number of aryl methyl sites for hydroxylation is 1. The van der Waals surface area contributed by atoms with Crippen molar-refractivity contribution in [1.82, 2.24) is 14.7 Å². The summed E-state index contributed by atoms with van der Waals surface area (Å²) in [5, 5.41) is 4.76. The van der Waals surface area contributed by atoms with Gasteiger partial charge in [-0.15, -0.1) is 0 Å². The van der Waals surface area contributed by atoms with Crippen LogP contribution in [0.15, 0.2) is 84.9 Å². The fourth-order valence-electron chi connectivity index (χ4n) is 3.80. The number of carbonyl (C=O) groups is 1. The molecule has 174 valence electrons. The molecule has 0 saturated carbocycles. The molecule has 0 N–H and O–H groups in total. The van der Waals surface area contributed by atoms with Crippen molar-refractivity contribution >= 4 is 5.91 Å². The minimum absolute atomic E-state index is 0.161. The first-order valence-corrected chi connectivity index (χ1v) is 11.3. The summed E-state index contributed by atoms with van der Waals surface area (Å²) in [5.41, 5.74) is 2.91. The van der Waals surface area contributed by atoms with Gasteiger partial charge in [-0.1, -0.05) is 50.2 Å². The third-order valence-corrected chi connectivity index (χ3v) is 5.41. The zero-order valence-electron chi connectivity index (χ0n) is 19.6. The second kappa shape index (κ2) is 10.3. The van der Waals surface area contributed by atoms with Crippen LogP contribution in [0.4, 0.5) is 4.39 Å². The lowest BCUT2D eigenvalue weighted by Gasteiger charge is -2.25. The van der Waals surface area contributed by atoms with Gasteiger partial charge >= 0.3 is 0 Å². The molecule has 0 radical (unpaired) electrons. The van der Waals surface area contributed by atoms with E-state index in [1.54, 1.807) is 9.58 Å². The molecule has 0 atom stereocenters. The molecule has 5 nitrogen and oxygen atoms in total. The monoisotopic (exact) mass is 457 g/mol. The van der Waals surface area contributed by atoms with Gasteiger partial charge in [-0.25, -0.2) is 9.07 Å². The van der Waals surface area contributed by atoms with Crippen molar-refractivity contribution in [3.05, 3.63) is 108 Å². The summed E-state index contributed by atoms with van der Waals surface area (Å²) in [6.45, 7) is 6.90. The van der Waals surface area contributed by atoms with E-state index in [0.717, 1.165) is 16.9 Å². The summed E-state index contributed by atoms with van der Waals surface area (Å²) in [6.07, 6.45) is 0. The van der Waals surface area contributed by atoms with Gasteiger partial charge in [0, 0.05) is 12.1 Å². The van der Waals surface area contributed by atoms with Crippen LogP contribution in [0.3, 0.4) is 0 Å². The Bertz CT molecular complexity index is 1240. The van der Waals surface area contributed by atoms with Gasteiger partial charge in [0.1, 0.15) is 11.6 Å². The number of benzene rings is 3. The van der Waals surface area contributed by atoms with Crippen LogP contribution in [0.5, 0.6) is 11.6 Å². The number of amides is 1. The second-order valence-corrected chi connectivity index (χ2v) is 8.62. The zero-order chi connectivity index (χ0) is 24.1. The van der Waals surface area contributed by atoms with Gasteiger partial charge in [-0.3, -0.25) is 4.79 Å². The van der Waals surface area contributed by atoms with Crippen LogP contribution < -0.4 is 4.74 Å². The molecule has 6 heteroatoms. The molecule has 1 aromatic heterocycles. The number of para-hydroxylation sites is 2. The van der Waals surface area contributed by atoms with Crippen LogP contribution in [0, 0.1) is 18.7 Å². The molecular formula is C28H28FN3O2. The summed E-state index contributed by atoms with van der Waals surface area (Å²) in [6, 6.07) is 24.9. The number of hydrogen-bond donors (Lipinski definition) is 0. The molecular weight excluding hydrogens is 429 g/mol. The lowest BCUT2D eigenvalue weighted by molar-refractivity contribution is 0.0721. The third-order valence-electron chi connectivity index (χ3n) is 5.41. The van der Waals surface area contributed by atoms with Crippen LogP contribution in [0.2, 0.25) is 0 Å². The van der Waals surface area contributed by atoms with Gasteiger partial charge in [0.25, 0.3) is 5.91 Å². The quantitative estimate of drug-likeness (QED) is 0.307. The molecule has 0 fully saturated rings. The van der Waals surface area contributed by atoms with Crippen LogP contribution in [0.25, 0.3) is 5.69 Å². The van der Waals surface area contributed by atoms with E-state index in [2.05, 4.69) is 13.8 Å². The highest BCUT2D eigenvalue weighted by atomic mass is 19.1. The molecule has 0 aliphatic heterocycles. The SMILES string of the molecule is Cc1nn(-c2ccccc2)c(Oc2ccccc2)c1CN(CC(C)C)C(=O)c1ccc(F)cc1. The van der Waals surface area contributed by atoms with E-state index >= 15 is 0 Å². The Labute approximate surface area is 199 Å². The van der Waals surface area contributed by atoms with E-state index in [-0.39, 0.29) is 17.6 Å². The molecule has 34 heavy (non-hydrogen) atoms. The van der Waals surface area contributed by atoms with Gasteiger partial charge in [0.05, 0.1) is 23.5 Å². The van der Waals surface area contributed by atoms with Crippen molar-refractivity contribution in [1.29, 1.82) is 0 Å². The summed E-state index contributed by atoms with van der Waals surface area (Å²) in [5.74, 6) is 0.959. The lowest BCUT2D eigenvalue weighted by Crippen LogP contribution is -2.34. The maximum absolute atomic E-state index is 13.4. The van der Waals surface area contributed by atoms with Gasteiger partial charge in [0.2, 0.25) is 5.88 Å². The average molecular weight is 458 g/mol. The minimum atomic E-state index is -0.370. The summed E-state index contributed by atoms with van der Waals surface area (Å²) in [7, 11) is 0. The summed E-state index contributed by atoms with van der Waals surface area (Å²) in [4.78, 5) is 15.2. The predicted octanol–water partition coefficient (Wildman–Crippen LogP) is 6.41. The van der Waals surface area contributed by atoms with E-state index in [9.17, 15) is 9.18 Å². The first-order valence-electron chi connectivity index (χ1n) is 11.3. The average Bonchev–Trinajstić information content (AvgIpc) is 3.14. The molecule has 0 bridgehead atoms. The highest BCUT2D eigenvalue weighted by molar-refractivity contribution is 5.94. The molecule has 4 aromatic rings.